The molecule has 2 aromatic carbocycles. The van der Waals surface area contributed by atoms with Crippen LogP contribution in [0.5, 0.6) is 0 Å². The lowest BCUT2D eigenvalue weighted by atomic mass is 10.1. The minimum absolute atomic E-state index is 0.124. The Hall–Kier alpha value is -2.05. The largest absolute Gasteiger partial charge is 0.297 e. The van der Waals surface area contributed by atoms with Gasteiger partial charge in [-0.25, -0.2) is 0 Å². The van der Waals surface area contributed by atoms with Crippen LogP contribution in [0.3, 0.4) is 0 Å². The molecular formula is C14H14N2O3S. The summed E-state index contributed by atoms with van der Waals surface area (Å²) in [6.07, 6.45) is 0. The van der Waals surface area contributed by atoms with Gasteiger partial charge in [-0.1, -0.05) is 24.3 Å². The average Bonchev–Trinajstić information content (AvgIpc) is 2.40. The van der Waals surface area contributed by atoms with Crippen molar-refractivity contribution in [2.45, 2.75) is 18.7 Å². The van der Waals surface area contributed by atoms with E-state index in [4.69, 9.17) is 0 Å². The van der Waals surface area contributed by atoms with E-state index in [9.17, 15) is 13.0 Å². The van der Waals surface area contributed by atoms with Crippen LogP contribution < -0.4 is 0 Å². The first kappa shape index (κ1) is 14.4. The molecule has 0 saturated heterocycles. The zero-order chi connectivity index (χ0) is 14.8. The maximum atomic E-state index is 11.5. The highest BCUT2D eigenvalue weighted by Crippen LogP contribution is 2.30. The van der Waals surface area contributed by atoms with E-state index in [-0.39, 0.29) is 10.6 Å². The fraction of sp³-hybridized carbons (Fsp3) is 0.143. The van der Waals surface area contributed by atoms with Crippen molar-refractivity contribution < 1.29 is 13.0 Å². The summed E-state index contributed by atoms with van der Waals surface area (Å²) in [7, 11) is -4.34. The van der Waals surface area contributed by atoms with Crippen LogP contribution in [0.15, 0.2) is 57.6 Å². The Morgan fingerprint density at radius 1 is 0.950 bits per heavy atom. The second-order valence-corrected chi connectivity index (χ2v) is 5.72. The van der Waals surface area contributed by atoms with Crippen LogP contribution in [-0.2, 0) is 10.1 Å². The van der Waals surface area contributed by atoms with E-state index < -0.39 is 10.1 Å². The molecule has 0 fully saturated rings. The van der Waals surface area contributed by atoms with Crippen molar-refractivity contribution >= 4 is 21.5 Å². The fourth-order valence-corrected chi connectivity index (χ4v) is 2.71. The number of azo groups is 1. The molecule has 6 heteroatoms. The molecule has 0 aromatic heterocycles. The number of hydrogen-bond donors (Lipinski definition) is 1. The van der Waals surface area contributed by atoms with Gasteiger partial charge in [0.15, 0.2) is 0 Å². The number of hydrogen-bond acceptors (Lipinski definition) is 4. The molecule has 0 aliphatic rings. The minimum Gasteiger partial charge on any atom is -0.282 e. The van der Waals surface area contributed by atoms with Crippen molar-refractivity contribution in [1.29, 1.82) is 0 Å². The summed E-state index contributed by atoms with van der Waals surface area (Å²) in [5.74, 6) is 0. The summed E-state index contributed by atoms with van der Waals surface area (Å²) < 4.78 is 32.3. The molecule has 0 bridgehead atoms. The molecule has 2 aromatic rings. The van der Waals surface area contributed by atoms with Crippen LogP contribution in [0, 0.1) is 13.8 Å². The summed E-state index contributed by atoms with van der Waals surface area (Å²) in [5.41, 5.74) is 1.96. The molecule has 0 heterocycles. The maximum absolute atomic E-state index is 11.5. The molecule has 104 valence electrons. The summed E-state index contributed by atoms with van der Waals surface area (Å²) >= 11 is 0. The van der Waals surface area contributed by atoms with Gasteiger partial charge < -0.3 is 0 Å². The van der Waals surface area contributed by atoms with Crippen molar-refractivity contribution in [3.8, 4) is 0 Å². The fourth-order valence-electron chi connectivity index (χ4n) is 1.79. The quantitative estimate of drug-likeness (QED) is 0.686. The third-order valence-electron chi connectivity index (χ3n) is 2.94. The second-order valence-electron chi connectivity index (χ2n) is 4.37. The van der Waals surface area contributed by atoms with Gasteiger partial charge in [0.25, 0.3) is 10.1 Å². The molecule has 5 nitrogen and oxygen atoms in total. The van der Waals surface area contributed by atoms with Gasteiger partial charge >= 0.3 is 0 Å². The molecule has 0 unspecified atom stereocenters. The molecular weight excluding hydrogens is 276 g/mol. The summed E-state index contributed by atoms with van der Waals surface area (Å²) in [6.45, 7) is 3.39. The normalized spacial score (nSPS) is 11.9. The molecule has 0 radical (unpaired) electrons. The molecule has 0 atom stereocenters. The highest BCUT2D eigenvalue weighted by molar-refractivity contribution is 7.86. The highest BCUT2D eigenvalue weighted by Gasteiger charge is 2.19. The predicted molar refractivity (Wildman–Crippen MR) is 76.3 cm³/mol. The van der Waals surface area contributed by atoms with Crippen LogP contribution >= 0.6 is 0 Å². The second kappa shape index (κ2) is 5.52. The highest BCUT2D eigenvalue weighted by atomic mass is 32.2. The Labute approximate surface area is 117 Å². The Bertz CT molecular complexity index is 753. The smallest absolute Gasteiger partial charge is 0.282 e. The number of rotatable bonds is 3. The van der Waals surface area contributed by atoms with Crippen molar-refractivity contribution in [3.63, 3.8) is 0 Å². The Morgan fingerprint density at radius 3 is 2.20 bits per heavy atom. The Morgan fingerprint density at radius 2 is 1.60 bits per heavy atom. The minimum atomic E-state index is -4.34. The first-order valence-electron chi connectivity index (χ1n) is 5.94. The predicted octanol–water partition coefficient (Wildman–Crippen LogP) is 3.97. The van der Waals surface area contributed by atoms with E-state index in [2.05, 4.69) is 10.2 Å². The van der Waals surface area contributed by atoms with Crippen LogP contribution in [0.25, 0.3) is 0 Å². The van der Waals surface area contributed by atoms with Crippen molar-refractivity contribution in [2.75, 3.05) is 0 Å². The van der Waals surface area contributed by atoms with Crippen LogP contribution in [0.4, 0.5) is 11.4 Å². The van der Waals surface area contributed by atoms with Gasteiger partial charge in [0.2, 0.25) is 0 Å². The molecule has 0 saturated carbocycles. The third-order valence-corrected chi connectivity index (χ3v) is 3.97. The van der Waals surface area contributed by atoms with Gasteiger partial charge in [-0.15, -0.1) is 5.11 Å². The lowest BCUT2D eigenvalue weighted by molar-refractivity contribution is 0.482. The zero-order valence-corrected chi connectivity index (χ0v) is 11.9. The number of aryl methyl sites for hydroxylation is 1. The van der Waals surface area contributed by atoms with E-state index >= 15 is 0 Å². The lowest BCUT2D eigenvalue weighted by Crippen LogP contribution is -2.02. The van der Waals surface area contributed by atoms with Crippen molar-refractivity contribution in [2.24, 2.45) is 10.2 Å². The standard InChI is InChI=1S/C14H14N2O3S/c1-10-8-9-13(14(11(10)2)20(17,18)19)16-15-12-6-4-3-5-7-12/h3-9H,1-2H3,(H,17,18,19). The topological polar surface area (TPSA) is 79.1 Å². The van der Waals surface area contributed by atoms with Gasteiger partial charge in [0.05, 0.1) is 5.69 Å². The SMILES string of the molecule is Cc1ccc(N=Nc2ccccc2)c(S(=O)(=O)O)c1C. The number of benzene rings is 2. The zero-order valence-electron chi connectivity index (χ0n) is 11.1. The van der Waals surface area contributed by atoms with Gasteiger partial charge in [-0.2, -0.15) is 13.5 Å². The van der Waals surface area contributed by atoms with E-state index in [1.807, 2.05) is 6.07 Å². The summed E-state index contributed by atoms with van der Waals surface area (Å²) in [5, 5.41) is 7.90. The summed E-state index contributed by atoms with van der Waals surface area (Å²) in [4.78, 5) is -0.197. The van der Waals surface area contributed by atoms with Crippen molar-refractivity contribution in [3.05, 3.63) is 53.6 Å². The molecule has 0 spiro atoms. The first-order valence-corrected chi connectivity index (χ1v) is 7.38. The average molecular weight is 290 g/mol. The Balaban J connectivity index is 2.53. The first-order chi connectivity index (χ1) is 9.39. The summed E-state index contributed by atoms with van der Waals surface area (Å²) in [6, 6.07) is 12.2. The molecule has 20 heavy (non-hydrogen) atoms. The van der Waals surface area contributed by atoms with E-state index in [1.54, 1.807) is 44.2 Å². The van der Waals surface area contributed by atoms with E-state index in [0.717, 1.165) is 5.56 Å². The van der Waals surface area contributed by atoms with Gasteiger partial charge in [0.1, 0.15) is 10.6 Å². The van der Waals surface area contributed by atoms with Crippen LogP contribution in [0.1, 0.15) is 11.1 Å². The van der Waals surface area contributed by atoms with Crippen molar-refractivity contribution in [1.82, 2.24) is 0 Å². The molecule has 0 amide bonds. The Kier molecular flexibility index (Phi) is 3.96. The van der Waals surface area contributed by atoms with Gasteiger partial charge in [-0.3, -0.25) is 4.55 Å². The molecule has 0 aliphatic carbocycles. The lowest BCUT2D eigenvalue weighted by Gasteiger charge is -2.08. The maximum Gasteiger partial charge on any atom is 0.297 e. The van der Waals surface area contributed by atoms with E-state index in [1.165, 1.54) is 6.07 Å². The third kappa shape index (κ3) is 3.09. The molecule has 2 rings (SSSR count). The number of nitrogens with zero attached hydrogens (tertiary/aromatic N) is 2. The van der Waals surface area contributed by atoms with E-state index in [0.29, 0.717) is 11.3 Å². The molecule has 0 aliphatic heterocycles. The van der Waals surface area contributed by atoms with Gasteiger partial charge in [0, 0.05) is 0 Å². The monoisotopic (exact) mass is 290 g/mol. The van der Waals surface area contributed by atoms with Crippen LogP contribution in [0.2, 0.25) is 0 Å². The van der Waals surface area contributed by atoms with Crippen LogP contribution in [-0.4, -0.2) is 13.0 Å². The molecule has 1 N–H and O–H groups in total. The van der Waals surface area contributed by atoms with Gasteiger partial charge in [-0.05, 0) is 43.2 Å².